The summed E-state index contributed by atoms with van der Waals surface area (Å²) in [6.07, 6.45) is 1.84. The maximum atomic E-state index is 12.0. The minimum Gasteiger partial charge on any atom is -0.323 e. The SMILES string of the molecule is O=S(=O)(Nc1nc2ccccc2[nH]1)N1CCCC1. The van der Waals surface area contributed by atoms with E-state index >= 15 is 0 Å². The fraction of sp³-hybridized carbons (Fsp3) is 0.364. The number of aromatic amines is 1. The number of hydrogen-bond donors (Lipinski definition) is 2. The molecule has 0 spiro atoms. The molecular formula is C11H14N4O2S. The fourth-order valence-electron chi connectivity index (χ4n) is 2.12. The van der Waals surface area contributed by atoms with Gasteiger partial charge in [0.1, 0.15) is 0 Å². The Balaban J connectivity index is 1.87. The molecule has 0 atom stereocenters. The molecule has 1 aromatic heterocycles. The summed E-state index contributed by atoms with van der Waals surface area (Å²) in [5.41, 5.74) is 1.56. The molecule has 1 aromatic carbocycles. The lowest BCUT2D eigenvalue weighted by Gasteiger charge is -2.14. The molecule has 0 aliphatic carbocycles. The van der Waals surface area contributed by atoms with E-state index in [2.05, 4.69) is 14.7 Å². The molecule has 0 saturated carbocycles. The Morgan fingerprint density at radius 3 is 2.67 bits per heavy atom. The number of H-pyrrole nitrogens is 1. The highest BCUT2D eigenvalue weighted by molar-refractivity contribution is 7.90. The van der Waals surface area contributed by atoms with Crippen molar-refractivity contribution < 1.29 is 8.42 Å². The van der Waals surface area contributed by atoms with E-state index in [1.807, 2.05) is 24.3 Å². The number of aromatic nitrogens is 2. The van der Waals surface area contributed by atoms with Crippen molar-refractivity contribution in [1.29, 1.82) is 0 Å². The highest BCUT2D eigenvalue weighted by Crippen LogP contribution is 2.17. The highest BCUT2D eigenvalue weighted by atomic mass is 32.2. The molecule has 1 aliphatic heterocycles. The van der Waals surface area contributed by atoms with Crippen molar-refractivity contribution in [2.75, 3.05) is 17.8 Å². The number of hydrogen-bond acceptors (Lipinski definition) is 3. The van der Waals surface area contributed by atoms with Gasteiger partial charge in [-0.15, -0.1) is 0 Å². The molecule has 1 saturated heterocycles. The third-order valence-corrected chi connectivity index (χ3v) is 4.52. The average Bonchev–Trinajstić information content (AvgIpc) is 2.96. The van der Waals surface area contributed by atoms with Crippen LogP contribution in [0.4, 0.5) is 5.95 Å². The standard InChI is InChI=1S/C11H14N4O2S/c16-18(17,15-7-3-4-8-15)14-11-12-9-5-1-2-6-10(9)13-11/h1-2,5-6H,3-4,7-8H2,(H2,12,13,14). The largest absolute Gasteiger partial charge is 0.323 e. The van der Waals surface area contributed by atoms with Gasteiger partial charge >= 0.3 is 10.2 Å². The Hall–Kier alpha value is -1.60. The van der Waals surface area contributed by atoms with Crippen molar-refractivity contribution in [3.63, 3.8) is 0 Å². The summed E-state index contributed by atoms with van der Waals surface area (Å²) in [5.74, 6) is 0.267. The topological polar surface area (TPSA) is 78.1 Å². The number of benzene rings is 1. The van der Waals surface area contributed by atoms with Crippen molar-refractivity contribution >= 4 is 27.2 Å². The first-order valence-electron chi connectivity index (χ1n) is 5.88. The summed E-state index contributed by atoms with van der Waals surface area (Å²) in [7, 11) is -3.47. The van der Waals surface area contributed by atoms with Crippen molar-refractivity contribution in [3.8, 4) is 0 Å². The van der Waals surface area contributed by atoms with E-state index in [9.17, 15) is 8.42 Å². The maximum Gasteiger partial charge on any atom is 0.303 e. The van der Waals surface area contributed by atoms with Crippen molar-refractivity contribution in [2.24, 2.45) is 0 Å². The summed E-state index contributed by atoms with van der Waals surface area (Å²) in [4.78, 5) is 7.14. The molecule has 2 heterocycles. The molecule has 18 heavy (non-hydrogen) atoms. The van der Waals surface area contributed by atoms with Crippen LogP contribution in [0.1, 0.15) is 12.8 Å². The summed E-state index contributed by atoms with van der Waals surface area (Å²) in [5, 5.41) is 0. The van der Waals surface area contributed by atoms with Crippen LogP contribution in [-0.4, -0.2) is 35.8 Å². The normalized spacial score (nSPS) is 17.3. The van der Waals surface area contributed by atoms with Crippen LogP contribution in [0.25, 0.3) is 11.0 Å². The Morgan fingerprint density at radius 1 is 1.22 bits per heavy atom. The summed E-state index contributed by atoms with van der Waals surface area (Å²) < 4.78 is 28.0. The maximum absolute atomic E-state index is 12.0. The van der Waals surface area contributed by atoms with Crippen LogP contribution in [-0.2, 0) is 10.2 Å². The molecular weight excluding hydrogens is 252 g/mol. The van der Waals surface area contributed by atoms with Gasteiger partial charge in [-0.25, -0.2) is 9.71 Å². The van der Waals surface area contributed by atoms with Crippen LogP contribution in [0.15, 0.2) is 24.3 Å². The van der Waals surface area contributed by atoms with Crippen molar-refractivity contribution in [1.82, 2.24) is 14.3 Å². The predicted molar refractivity (Wildman–Crippen MR) is 69.4 cm³/mol. The van der Waals surface area contributed by atoms with E-state index in [0.717, 1.165) is 23.9 Å². The van der Waals surface area contributed by atoms with Gasteiger partial charge in [-0.2, -0.15) is 12.7 Å². The summed E-state index contributed by atoms with van der Waals surface area (Å²) in [6.45, 7) is 1.16. The second kappa shape index (κ2) is 4.25. The lowest BCUT2D eigenvalue weighted by atomic mass is 10.3. The van der Waals surface area contributed by atoms with E-state index in [1.165, 1.54) is 4.31 Å². The van der Waals surface area contributed by atoms with Gasteiger partial charge in [0, 0.05) is 13.1 Å². The van der Waals surface area contributed by atoms with Gasteiger partial charge in [-0.1, -0.05) is 12.1 Å². The number of imidazole rings is 1. The van der Waals surface area contributed by atoms with Gasteiger partial charge in [0.25, 0.3) is 0 Å². The number of rotatable bonds is 3. The minimum atomic E-state index is -3.47. The van der Waals surface area contributed by atoms with Crippen LogP contribution in [0.2, 0.25) is 0 Å². The number of nitrogens with zero attached hydrogens (tertiary/aromatic N) is 2. The second-order valence-corrected chi connectivity index (χ2v) is 5.99. The highest BCUT2D eigenvalue weighted by Gasteiger charge is 2.25. The Labute approximate surface area is 105 Å². The zero-order valence-electron chi connectivity index (χ0n) is 9.76. The first kappa shape index (κ1) is 11.5. The van der Waals surface area contributed by atoms with Crippen LogP contribution < -0.4 is 4.72 Å². The average molecular weight is 266 g/mol. The Morgan fingerprint density at radius 2 is 1.94 bits per heavy atom. The second-order valence-electron chi connectivity index (χ2n) is 4.32. The molecule has 96 valence electrons. The van der Waals surface area contributed by atoms with E-state index in [-0.39, 0.29) is 5.95 Å². The molecule has 0 amide bonds. The van der Waals surface area contributed by atoms with Gasteiger partial charge in [0.2, 0.25) is 5.95 Å². The van der Waals surface area contributed by atoms with Crippen LogP contribution in [0, 0.1) is 0 Å². The Kier molecular flexibility index (Phi) is 2.71. The fourth-order valence-corrected chi connectivity index (χ4v) is 3.33. The third-order valence-electron chi connectivity index (χ3n) is 3.02. The molecule has 2 N–H and O–H groups in total. The molecule has 0 radical (unpaired) electrons. The first-order valence-corrected chi connectivity index (χ1v) is 7.32. The van der Waals surface area contributed by atoms with Gasteiger partial charge in [0.05, 0.1) is 11.0 Å². The number of para-hydroxylation sites is 2. The van der Waals surface area contributed by atoms with Crippen LogP contribution >= 0.6 is 0 Å². The molecule has 2 aromatic rings. The molecule has 6 nitrogen and oxygen atoms in total. The molecule has 0 bridgehead atoms. The number of nitrogens with one attached hydrogen (secondary N) is 2. The van der Waals surface area contributed by atoms with Gasteiger partial charge in [-0.05, 0) is 25.0 Å². The van der Waals surface area contributed by atoms with Gasteiger partial charge in [0.15, 0.2) is 0 Å². The third kappa shape index (κ3) is 2.06. The molecule has 3 rings (SSSR count). The van der Waals surface area contributed by atoms with E-state index in [0.29, 0.717) is 13.1 Å². The first-order chi connectivity index (χ1) is 8.65. The number of fused-ring (bicyclic) bond motifs is 1. The van der Waals surface area contributed by atoms with Crippen LogP contribution in [0.5, 0.6) is 0 Å². The monoisotopic (exact) mass is 266 g/mol. The molecule has 1 aliphatic rings. The Bertz CT molecular complexity index is 625. The molecule has 0 unspecified atom stereocenters. The zero-order chi connectivity index (χ0) is 12.6. The summed E-state index contributed by atoms with van der Waals surface area (Å²) in [6, 6.07) is 7.43. The number of anilines is 1. The van der Waals surface area contributed by atoms with Crippen molar-refractivity contribution in [2.45, 2.75) is 12.8 Å². The van der Waals surface area contributed by atoms with Crippen molar-refractivity contribution in [3.05, 3.63) is 24.3 Å². The molecule has 1 fully saturated rings. The summed E-state index contributed by atoms with van der Waals surface area (Å²) >= 11 is 0. The zero-order valence-corrected chi connectivity index (χ0v) is 10.6. The van der Waals surface area contributed by atoms with Crippen LogP contribution in [0.3, 0.4) is 0 Å². The smallest absolute Gasteiger partial charge is 0.303 e. The van der Waals surface area contributed by atoms with Gasteiger partial charge < -0.3 is 4.98 Å². The lowest BCUT2D eigenvalue weighted by molar-refractivity contribution is 0.482. The van der Waals surface area contributed by atoms with E-state index in [4.69, 9.17) is 0 Å². The van der Waals surface area contributed by atoms with Gasteiger partial charge in [-0.3, -0.25) is 0 Å². The predicted octanol–water partition coefficient (Wildman–Crippen LogP) is 1.32. The lowest BCUT2D eigenvalue weighted by Crippen LogP contribution is -2.33. The quantitative estimate of drug-likeness (QED) is 0.879. The van der Waals surface area contributed by atoms with E-state index in [1.54, 1.807) is 0 Å². The molecule has 7 heteroatoms. The van der Waals surface area contributed by atoms with E-state index < -0.39 is 10.2 Å². The minimum absolute atomic E-state index is 0.267.